The minimum atomic E-state index is -0.556. The Balaban J connectivity index is 2.32. The first-order valence-corrected chi connectivity index (χ1v) is 6.69. The van der Waals surface area contributed by atoms with Crippen LogP contribution in [-0.4, -0.2) is 17.3 Å². The summed E-state index contributed by atoms with van der Waals surface area (Å²) in [5, 5.41) is 10.2. The van der Waals surface area contributed by atoms with Crippen LogP contribution in [-0.2, 0) is 0 Å². The van der Waals surface area contributed by atoms with Gasteiger partial charge in [-0.1, -0.05) is 57.8 Å². The summed E-state index contributed by atoms with van der Waals surface area (Å²) in [5.74, 6) is 0. The van der Waals surface area contributed by atoms with Gasteiger partial charge in [0.25, 0.3) is 0 Å². The van der Waals surface area contributed by atoms with Gasteiger partial charge in [0.1, 0.15) is 0 Å². The van der Waals surface area contributed by atoms with E-state index in [1.54, 1.807) is 0 Å². The molecule has 0 bridgehead atoms. The second-order valence-corrected chi connectivity index (χ2v) is 5.11. The molecule has 0 amide bonds. The Morgan fingerprint density at radius 3 is 1.40 bits per heavy atom. The smallest absolute Gasteiger partial charge is 0.0769 e. The zero-order chi connectivity index (χ0) is 11.0. The molecule has 1 rings (SSSR count). The van der Waals surface area contributed by atoms with E-state index in [4.69, 9.17) is 5.73 Å². The zero-order valence-electron chi connectivity index (χ0n) is 10.0. The number of nitrogens with two attached hydrogens (primary N) is 1. The topological polar surface area (TPSA) is 46.2 Å². The van der Waals surface area contributed by atoms with Gasteiger partial charge >= 0.3 is 0 Å². The number of hydrogen-bond donors (Lipinski definition) is 2. The minimum absolute atomic E-state index is 0.438. The highest BCUT2D eigenvalue weighted by molar-refractivity contribution is 4.79. The molecule has 1 fully saturated rings. The fourth-order valence-electron chi connectivity index (χ4n) is 2.47. The van der Waals surface area contributed by atoms with Gasteiger partial charge in [0.05, 0.1) is 5.60 Å². The predicted octanol–water partition coefficient (Wildman–Crippen LogP) is 2.98. The molecule has 0 atom stereocenters. The molecule has 1 aliphatic carbocycles. The first-order chi connectivity index (χ1) is 7.27. The largest absolute Gasteiger partial charge is 0.389 e. The highest BCUT2D eigenvalue weighted by atomic mass is 16.3. The Morgan fingerprint density at radius 1 is 0.733 bits per heavy atom. The van der Waals surface area contributed by atoms with Gasteiger partial charge in [-0.05, 0) is 12.8 Å². The van der Waals surface area contributed by atoms with Crippen molar-refractivity contribution in [2.24, 2.45) is 5.73 Å². The average Bonchev–Trinajstić information content (AvgIpc) is 2.23. The lowest BCUT2D eigenvalue weighted by molar-refractivity contribution is 0.0262. The van der Waals surface area contributed by atoms with E-state index in [0.29, 0.717) is 6.54 Å². The van der Waals surface area contributed by atoms with Crippen LogP contribution in [0.5, 0.6) is 0 Å². The monoisotopic (exact) mass is 213 g/mol. The SMILES string of the molecule is NCC1(O)CCCCCCCCCCC1. The maximum Gasteiger partial charge on any atom is 0.0769 e. The Morgan fingerprint density at radius 2 is 1.07 bits per heavy atom. The molecule has 0 aromatic heterocycles. The van der Waals surface area contributed by atoms with Crippen LogP contribution in [0.15, 0.2) is 0 Å². The highest BCUT2D eigenvalue weighted by Gasteiger charge is 2.23. The van der Waals surface area contributed by atoms with Crippen molar-refractivity contribution < 1.29 is 5.11 Å². The van der Waals surface area contributed by atoms with Gasteiger partial charge in [0.15, 0.2) is 0 Å². The van der Waals surface area contributed by atoms with E-state index in [2.05, 4.69) is 0 Å². The quantitative estimate of drug-likeness (QED) is 0.703. The molecular weight excluding hydrogens is 186 g/mol. The first kappa shape index (κ1) is 13.0. The van der Waals surface area contributed by atoms with Crippen molar-refractivity contribution >= 4 is 0 Å². The van der Waals surface area contributed by atoms with Crippen LogP contribution < -0.4 is 5.73 Å². The number of rotatable bonds is 1. The van der Waals surface area contributed by atoms with Crippen molar-refractivity contribution in [2.45, 2.75) is 76.2 Å². The maximum atomic E-state index is 10.2. The van der Waals surface area contributed by atoms with E-state index in [1.165, 1.54) is 44.9 Å². The summed E-state index contributed by atoms with van der Waals surface area (Å²) in [5.41, 5.74) is 5.11. The lowest BCUT2D eigenvalue weighted by Crippen LogP contribution is -2.37. The van der Waals surface area contributed by atoms with Crippen molar-refractivity contribution in [1.29, 1.82) is 0 Å². The van der Waals surface area contributed by atoms with Gasteiger partial charge in [0.2, 0.25) is 0 Å². The minimum Gasteiger partial charge on any atom is -0.389 e. The molecule has 0 saturated heterocycles. The van der Waals surface area contributed by atoms with Crippen LogP contribution in [0.4, 0.5) is 0 Å². The fourth-order valence-corrected chi connectivity index (χ4v) is 2.47. The first-order valence-electron chi connectivity index (χ1n) is 6.69. The molecule has 90 valence electrons. The van der Waals surface area contributed by atoms with E-state index in [-0.39, 0.29) is 0 Å². The third kappa shape index (κ3) is 5.53. The summed E-state index contributed by atoms with van der Waals surface area (Å²) in [6.07, 6.45) is 13.5. The molecule has 0 aromatic carbocycles. The molecule has 1 aliphatic rings. The fraction of sp³-hybridized carbons (Fsp3) is 1.00. The van der Waals surface area contributed by atoms with E-state index < -0.39 is 5.60 Å². The van der Waals surface area contributed by atoms with Gasteiger partial charge in [0, 0.05) is 6.54 Å². The standard InChI is InChI=1S/C13H27NO/c14-12-13(15)10-8-6-4-2-1-3-5-7-9-11-13/h15H,1-12,14H2. The summed E-state index contributed by atoms with van der Waals surface area (Å²) in [6.45, 7) is 0.438. The molecule has 2 heteroatoms. The molecule has 0 heterocycles. The summed E-state index contributed by atoms with van der Waals surface area (Å²) < 4.78 is 0. The van der Waals surface area contributed by atoms with Gasteiger partial charge in [-0.2, -0.15) is 0 Å². The lowest BCUT2D eigenvalue weighted by atomic mass is 9.89. The van der Waals surface area contributed by atoms with Crippen molar-refractivity contribution in [3.8, 4) is 0 Å². The Hall–Kier alpha value is -0.0800. The van der Waals surface area contributed by atoms with Gasteiger partial charge in [-0.3, -0.25) is 0 Å². The van der Waals surface area contributed by atoms with Gasteiger partial charge in [-0.25, -0.2) is 0 Å². The number of aliphatic hydroxyl groups is 1. The van der Waals surface area contributed by atoms with Crippen LogP contribution >= 0.6 is 0 Å². The summed E-state index contributed by atoms with van der Waals surface area (Å²) in [7, 11) is 0. The molecule has 0 spiro atoms. The second-order valence-electron chi connectivity index (χ2n) is 5.11. The predicted molar refractivity (Wildman–Crippen MR) is 64.8 cm³/mol. The van der Waals surface area contributed by atoms with Crippen LogP contribution in [0.25, 0.3) is 0 Å². The molecule has 1 saturated carbocycles. The number of hydrogen-bond acceptors (Lipinski definition) is 2. The molecular formula is C13H27NO. The Labute approximate surface area is 94.2 Å². The zero-order valence-corrected chi connectivity index (χ0v) is 10.0. The molecule has 3 N–H and O–H groups in total. The van der Waals surface area contributed by atoms with Crippen LogP contribution in [0.1, 0.15) is 70.6 Å². The van der Waals surface area contributed by atoms with E-state index >= 15 is 0 Å². The summed E-state index contributed by atoms with van der Waals surface area (Å²) >= 11 is 0. The van der Waals surface area contributed by atoms with Crippen LogP contribution in [0.2, 0.25) is 0 Å². The molecule has 0 aromatic rings. The van der Waals surface area contributed by atoms with Gasteiger partial charge < -0.3 is 10.8 Å². The van der Waals surface area contributed by atoms with E-state index in [1.807, 2.05) is 0 Å². The average molecular weight is 213 g/mol. The molecule has 0 unspecified atom stereocenters. The summed E-state index contributed by atoms with van der Waals surface area (Å²) in [6, 6.07) is 0. The lowest BCUT2D eigenvalue weighted by Gasteiger charge is -2.27. The molecule has 2 nitrogen and oxygen atoms in total. The van der Waals surface area contributed by atoms with Crippen molar-refractivity contribution in [1.82, 2.24) is 0 Å². The molecule has 0 aliphatic heterocycles. The summed E-state index contributed by atoms with van der Waals surface area (Å²) in [4.78, 5) is 0. The second kappa shape index (κ2) is 7.24. The molecule has 15 heavy (non-hydrogen) atoms. The van der Waals surface area contributed by atoms with Gasteiger partial charge in [-0.15, -0.1) is 0 Å². The van der Waals surface area contributed by atoms with E-state index in [9.17, 15) is 5.11 Å². The third-order valence-corrected chi connectivity index (χ3v) is 3.66. The van der Waals surface area contributed by atoms with Crippen molar-refractivity contribution in [3.63, 3.8) is 0 Å². The van der Waals surface area contributed by atoms with Crippen molar-refractivity contribution in [3.05, 3.63) is 0 Å². The Kier molecular flexibility index (Phi) is 6.26. The Bertz CT molecular complexity index is 147. The van der Waals surface area contributed by atoms with Crippen LogP contribution in [0, 0.1) is 0 Å². The molecule has 0 radical (unpaired) electrons. The van der Waals surface area contributed by atoms with E-state index in [0.717, 1.165) is 25.7 Å². The normalized spacial score (nSPS) is 25.2. The van der Waals surface area contributed by atoms with Crippen molar-refractivity contribution in [2.75, 3.05) is 6.54 Å². The third-order valence-electron chi connectivity index (χ3n) is 3.66. The highest BCUT2D eigenvalue weighted by Crippen LogP contribution is 2.23. The maximum absolute atomic E-state index is 10.2. The van der Waals surface area contributed by atoms with Crippen LogP contribution in [0.3, 0.4) is 0 Å².